The molecule has 1 saturated heterocycles. The number of allylic oxidation sites excluding steroid dienone is 1. The summed E-state index contributed by atoms with van der Waals surface area (Å²) in [5.41, 5.74) is 2.21. The lowest BCUT2D eigenvalue weighted by Crippen LogP contribution is -2.60. The number of carbonyl (C=O) groups is 1. The third-order valence-electron chi connectivity index (χ3n) is 6.39. The second-order valence-electron chi connectivity index (χ2n) is 7.35. The zero-order valence-corrected chi connectivity index (χ0v) is 15.3. The number of carbonyl (C=O) groups excluding carboxylic acids is 1. The molecule has 25 heavy (non-hydrogen) atoms. The number of rotatable bonds is 3. The molecule has 134 valence electrons. The van der Waals surface area contributed by atoms with Gasteiger partial charge in [0.2, 0.25) is 0 Å². The highest BCUT2D eigenvalue weighted by molar-refractivity contribution is 5.96. The van der Waals surface area contributed by atoms with Gasteiger partial charge in [-0.05, 0) is 44.1 Å². The highest BCUT2D eigenvalue weighted by atomic mass is 16.5. The summed E-state index contributed by atoms with van der Waals surface area (Å²) in [6.45, 7) is 0.977. The van der Waals surface area contributed by atoms with Crippen LogP contribution in [0.15, 0.2) is 24.0 Å². The van der Waals surface area contributed by atoms with E-state index in [0.717, 1.165) is 30.9 Å². The Morgan fingerprint density at radius 3 is 2.64 bits per heavy atom. The Bertz CT molecular complexity index is 756. The minimum atomic E-state index is -0.232. The van der Waals surface area contributed by atoms with E-state index >= 15 is 0 Å². The van der Waals surface area contributed by atoms with Crippen LogP contribution in [0.3, 0.4) is 0 Å². The number of ether oxygens (including phenoxy) is 3. The van der Waals surface area contributed by atoms with E-state index in [2.05, 4.69) is 24.1 Å². The van der Waals surface area contributed by atoms with Crippen LogP contribution in [0.5, 0.6) is 11.5 Å². The van der Waals surface area contributed by atoms with Crippen molar-refractivity contribution in [2.45, 2.75) is 30.7 Å². The fourth-order valence-corrected chi connectivity index (χ4v) is 5.21. The number of likely N-dealkylation sites (tertiary alicyclic amines) is 1. The largest absolute Gasteiger partial charge is 0.493 e. The van der Waals surface area contributed by atoms with Crippen LogP contribution in [0.25, 0.3) is 0 Å². The summed E-state index contributed by atoms with van der Waals surface area (Å²) in [6, 6.07) is 4.49. The molecule has 3 atom stereocenters. The molecule has 2 aliphatic carbocycles. The van der Waals surface area contributed by atoms with Gasteiger partial charge in [0.1, 0.15) is 0 Å². The van der Waals surface area contributed by atoms with Gasteiger partial charge in [-0.15, -0.1) is 0 Å². The summed E-state index contributed by atoms with van der Waals surface area (Å²) < 4.78 is 16.7. The highest BCUT2D eigenvalue weighted by Gasteiger charge is 2.56. The maximum absolute atomic E-state index is 12.7. The predicted octanol–water partition coefficient (Wildman–Crippen LogP) is 2.32. The first-order chi connectivity index (χ1) is 12.1. The number of hydrogen-bond donors (Lipinski definition) is 0. The summed E-state index contributed by atoms with van der Waals surface area (Å²) in [6.07, 6.45) is 4.41. The summed E-state index contributed by atoms with van der Waals surface area (Å²) in [5.74, 6) is 2.36. The van der Waals surface area contributed by atoms with Crippen LogP contribution < -0.4 is 9.47 Å². The predicted molar refractivity (Wildman–Crippen MR) is 94.2 cm³/mol. The number of hydrogen-bond acceptors (Lipinski definition) is 5. The average Bonchev–Trinajstić information content (AvgIpc) is 2.62. The molecule has 4 rings (SSSR count). The molecule has 1 aromatic rings. The Labute approximate surface area is 148 Å². The third kappa shape index (κ3) is 2.15. The van der Waals surface area contributed by atoms with Crippen LogP contribution in [0.2, 0.25) is 0 Å². The summed E-state index contributed by atoms with van der Waals surface area (Å²) in [5, 5.41) is 0. The van der Waals surface area contributed by atoms with Crippen LogP contribution in [-0.4, -0.2) is 51.6 Å². The zero-order chi connectivity index (χ0) is 17.8. The van der Waals surface area contributed by atoms with Crippen LogP contribution in [0.4, 0.5) is 0 Å². The smallest absolute Gasteiger partial charge is 0.197 e. The Balaban J connectivity index is 1.98. The van der Waals surface area contributed by atoms with E-state index in [1.54, 1.807) is 21.3 Å². The lowest BCUT2D eigenvalue weighted by molar-refractivity contribution is -0.122. The molecule has 0 radical (unpaired) electrons. The average molecular weight is 343 g/mol. The van der Waals surface area contributed by atoms with Gasteiger partial charge in [0.25, 0.3) is 0 Å². The highest BCUT2D eigenvalue weighted by Crippen LogP contribution is 2.57. The number of fused-ring (bicyclic) bond motifs is 1. The van der Waals surface area contributed by atoms with Crippen molar-refractivity contribution in [3.8, 4) is 11.5 Å². The van der Waals surface area contributed by atoms with E-state index < -0.39 is 0 Å². The van der Waals surface area contributed by atoms with Gasteiger partial charge in [-0.2, -0.15) is 0 Å². The van der Waals surface area contributed by atoms with Crippen molar-refractivity contribution in [3.63, 3.8) is 0 Å². The molecule has 3 aliphatic rings. The molecule has 0 N–H and O–H groups in total. The van der Waals surface area contributed by atoms with Gasteiger partial charge >= 0.3 is 0 Å². The van der Waals surface area contributed by atoms with E-state index in [4.69, 9.17) is 14.2 Å². The van der Waals surface area contributed by atoms with E-state index in [0.29, 0.717) is 18.2 Å². The molecule has 2 bridgehead atoms. The number of Topliss-reactive ketones (excluding diaryl/α,β-unsaturated/α-hetero) is 1. The fraction of sp³-hybridized carbons (Fsp3) is 0.550. The molecule has 0 spiro atoms. The SMILES string of the molecule is COC1=C[C@@H]2[C@@H]3Cc4ccc(OC)c(OC)c4[C@]2(CCN3C)CC1=O. The van der Waals surface area contributed by atoms with Crippen LogP contribution >= 0.6 is 0 Å². The molecule has 1 heterocycles. The second kappa shape index (κ2) is 5.77. The van der Waals surface area contributed by atoms with E-state index in [1.807, 2.05) is 6.07 Å². The lowest BCUT2D eigenvalue weighted by atomic mass is 9.53. The van der Waals surface area contributed by atoms with Gasteiger partial charge in [0.05, 0.1) is 21.3 Å². The van der Waals surface area contributed by atoms with E-state index in [-0.39, 0.29) is 17.1 Å². The van der Waals surface area contributed by atoms with Crippen LogP contribution in [-0.2, 0) is 21.4 Å². The molecule has 0 amide bonds. The number of ketones is 1. The molecule has 1 fully saturated rings. The van der Waals surface area contributed by atoms with E-state index in [1.165, 1.54) is 11.1 Å². The monoisotopic (exact) mass is 343 g/mol. The second-order valence-corrected chi connectivity index (χ2v) is 7.35. The first-order valence-corrected chi connectivity index (χ1v) is 8.79. The van der Waals surface area contributed by atoms with Gasteiger partial charge in [-0.3, -0.25) is 4.79 Å². The van der Waals surface area contributed by atoms with Crippen molar-refractivity contribution < 1.29 is 19.0 Å². The topological polar surface area (TPSA) is 48.0 Å². The van der Waals surface area contributed by atoms with Crippen molar-refractivity contribution in [1.82, 2.24) is 4.90 Å². The maximum Gasteiger partial charge on any atom is 0.197 e. The number of benzene rings is 1. The first-order valence-electron chi connectivity index (χ1n) is 8.79. The molecule has 1 aliphatic heterocycles. The molecule has 5 nitrogen and oxygen atoms in total. The minimum absolute atomic E-state index is 0.0831. The molecule has 0 saturated carbocycles. The summed E-state index contributed by atoms with van der Waals surface area (Å²) >= 11 is 0. The van der Waals surface area contributed by atoms with Gasteiger partial charge in [-0.1, -0.05) is 6.07 Å². The number of nitrogens with zero attached hydrogens (tertiary/aromatic N) is 1. The number of piperidine rings is 1. The Kier molecular flexibility index (Phi) is 3.80. The molecule has 1 aromatic carbocycles. The standard InChI is InChI=1S/C20H25NO4/c1-21-8-7-20-11-15(22)17(24-3)10-13(20)14(21)9-12-5-6-16(23-2)19(25-4)18(12)20/h5-6,10,13-14H,7-9,11H2,1-4H3/t13-,14+,20-/m1/s1. The third-order valence-corrected chi connectivity index (χ3v) is 6.39. The molecule has 0 aromatic heterocycles. The van der Waals surface area contributed by atoms with Gasteiger partial charge in [-0.25, -0.2) is 0 Å². The van der Waals surface area contributed by atoms with Crippen molar-refractivity contribution >= 4 is 5.78 Å². The first kappa shape index (κ1) is 16.5. The quantitative estimate of drug-likeness (QED) is 0.843. The summed E-state index contributed by atoms with van der Waals surface area (Å²) in [7, 11) is 7.11. The van der Waals surface area contributed by atoms with Gasteiger partial charge in [0, 0.05) is 29.4 Å². The van der Waals surface area contributed by atoms with Gasteiger partial charge < -0.3 is 19.1 Å². The minimum Gasteiger partial charge on any atom is -0.493 e. The normalized spacial score (nSPS) is 30.9. The lowest BCUT2D eigenvalue weighted by Gasteiger charge is -2.56. The Morgan fingerprint density at radius 2 is 1.96 bits per heavy atom. The molecule has 0 unspecified atom stereocenters. The van der Waals surface area contributed by atoms with Gasteiger partial charge in [0.15, 0.2) is 23.0 Å². The molecular formula is C20H25NO4. The van der Waals surface area contributed by atoms with Crippen molar-refractivity contribution in [1.29, 1.82) is 0 Å². The Morgan fingerprint density at radius 1 is 1.16 bits per heavy atom. The van der Waals surface area contributed by atoms with Crippen molar-refractivity contribution in [2.75, 3.05) is 34.9 Å². The van der Waals surface area contributed by atoms with Crippen LogP contribution in [0, 0.1) is 5.92 Å². The summed E-state index contributed by atoms with van der Waals surface area (Å²) in [4.78, 5) is 15.2. The number of methoxy groups -OCH3 is 3. The van der Waals surface area contributed by atoms with Crippen molar-refractivity contribution in [3.05, 3.63) is 35.1 Å². The Hall–Kier alpha value is -2.01. The van der Waals surface area contributed by atoms with Crippen molar-refractivity contribution in [2.24, 2.45) is 5.92 Å². The number of likely N-dealkylation sites (N-methyl/N-ethyl adjacent to an activating group) is 1. The fourth-order valence-electron chi connectivity index (χ4n) is 5.21. The molecule has 5 heteroatoms. The zero-order valence-electron chi connectivity index (χ0n) is 15.3. The maximum atomic E-state index is 12.7. The molecular weight excluding hydrogens is 318 g/mol. The van der Waals surface area contributed by atoms with E-state index in [9.17, 15) is 4.79 Å². The van der Waals surface area contributed by atoms with Crippen LogP contribution in [0.1, 0.15) is 24.0 Å².